The van der Waals surface area contributed by atoms with E-state index >= 15 is 0 Å². The first-order chi connectivity index (χ1) is 14.3. The van der Waals surface area contributed by atoms with Gasteiger partial charge in [-0.3, -0.25) is 14.6 Å². The van der Waals surface area contributed by atoms with Crippen molar-refractivity contribution in [1.29, 1.82) is 0 Å². The lowest BCUT2D eigenvalue weighted by Gasteiger charge is -2.31. The van der Waals surface area contributed by atoms with Crippen LogP contribution >= 0.6 is 0 Å². The molecular formula is C20H23FN4O4S. The van der Waals surface area contributed by atoms with Crippen molar-refractivity contribution in [3.8, 4) is 0 Å². The summed E-state index contributed by atoms with van der Waals surface area (Å²) >= 11 is 0. The van der Waals surface area contributed by atoms with E-state index in [9.17, 15) is 22.4 Å². The third kappa shape index (κ3) is 5.19. The summed E-state index contributed by atoms with van der Waals surface area (Å²) < 4.78 is 39.9. The van der Waals surface area contributed by atoms with Crippen molar-refractivity contribution in [3.63, 3.8) is 0 Å². The minimum atomic E-state index is -3.83. The molecular weight excluding hydrogens is 411 g/mol. The molecule has 10 heteroatoms. The van der Waals surface area contributed by atoms with Crippen LogP contribution in [0.1, 0.15) is 19.8 Å². The maximum absolute atomic E-state index is 13.1. The van der Waals surface area contributed by atoms with Gasteiger partial charge in [-0.15, -0.1) is 0 Å². The molecule has 0 spiro atoms. The van der Waals surface area contributed by atoms with Crippen LogP contribution in [0, 0.1) is 11.7 Å². The van der Waals surface area contributed by atoms with Gasteiger partial charge in [-0.2, -0.15) is 4.31 Å². The average molecular weight is 434 g/mol. The molecule has 3 rings (SSSR count). The fourth-order valence-corrected chi connectivity index (χ4v) is 4.74. The minimum absolute atomic E-state index is 0.00247. The Bertz CT molecular complexity index is 999. The molecule has 1 fully saturated rings. The lowest BCUT2D eigenvalue weighted by molar-refractivity contribution is -0.129. The number of amides is 2. The van der Waals surface area contributed by atoms with Crippen LogP contribution < -0.4 is 10.6 Å². The molecule has 2 amide bonds. The Kier molecular flexibility index (Phi) is 6.78. The van der Waals surface area contributed by atoms with E-state index < -0.39 is 33.7 Å². The number of anilines is 1. The second-order valence-corrected chi connectivity index (χ2v) is 9.06. The van der Waals surface area contributed by atoms with E-state index in [1.54, 1.807) is 25.3 Å². The Hall–Kier alpha value is -2.85. The molecule has 2 atom stereocenters. The largest absolute Gasteiger partial charge is 0.344 e. The van der Waals surface area contributed by atoms with Gasteiger partial charge in [-0.1, -0.05) is 0 Å². The Labute approximate surface area is 174 Å². The van der Waals surface area contributed by atoms with Gasteiger partial charge < -0.3 is 10.6 Å². The number of sulfonamides is 1. The number of halogens is 1. The zero-order valence-corrected chi connectivity index (χ0v) is 17.2. The molecule has 0 radical (unpaired) electrons. The third-order valence-electron chi connectivity index (χ3n) is 4.89. The molecule has 1 aromatic carbocycles. The quantitative estimate of drug-likeness (QED) is 0.720. The van der Waals surface area contributed by atoms with Gasteiger partial charge in [-0.25, -0.2) is 12.8 Å². The first-order valence-electron chi connectivity index (χ1n) is 9.54. The standard InChI is InChI=1S/C20H23FN4O4S/c1-14(19(26)24-17-5-2-10-22-12-17)23-20(27)15-4-3-11-25(13-15)30(28,29)18-8-6-16(21)7-9-18/h2,5-10,12,14-15H,3-4,11,13H2,1H3,(H,23,27)(H,24,26)/t14-,15+/m0/s1. The highest BCUT2D eigenvalue weighted by atomic mass is 32.2. The summed E-state index contributed by atoms with van der Waals surface area (Å²) in [6.45, 7) is 1.84. The maximum Gasteiger partial charge on any atom is 0.246 e. The van der Waals surface area contributed by atoms with E-state index in [1.165, 1.54) is 22.6 Å². The molecule has 2 N–H and O–H groups in total. The first-order valence-corrected chi connectivity index (χ1v) is 11.0. The van der Waals surface area contributed by atoms with Crippen LogP contribution in [-0.2, 0) is 19.6 Å². The van der Waals surface area contributed by atoms with Crippen molar-refractivity contribution >= 4 is 27.5 Å². The van der Waals surface area contributed by atoms with Gasteiger partial charge in [0.05, 0.1) is 22.7 Å². The van der Waals surface area contributed by atoms with Gasteiger partial charge in [0.1, 0.15) is 11.9 Å². The third-order valence-corrected chi connectivity index (χ3v) is 6.77. The number of hydrogen-bond acceptors (Lipinski definition) is 5. The van der Waals surface area contributed by atoms with Gasteiger partial charge in [0, 0.05) is 19.3 Å². The lowest BCUT2D eigenvalue weighted by Crippen LogP contribution is -2.49. The smallest absolute Gasteiger partial charge is 0.246 e. The predicted molar refractivity (Wildman–Crippen MR) is 108 cm³/mol. The highest BCUT2D eigenvalue weighted by molar-refractivity contribution is 7.89. The van der Waals surface area contributed by atoms with Crippen molar-refractivity contribution in [2.24, 2.45) is 5.92 Å². The Morgan fingerprint density at radius 1 is 1.23 bits per heavy atom. The number of carbonyl (C=O) groups is 2. The first kappa shape index (κ1) is 21.8. The summed E-state index contributed by atoms with van der Waals surface area (Å²) in [5.74, 6) is -1.89. The van der Waals surface area contributed by atoms with Gasteiger partial charge in [0.25, 0.3) is 0 Å². The molecule has 0 aliphatic carbocycles. The molecule has 2 aromatic rings. The van der Waals surface area contributed by atoms with E-state index in [4.69, 9.17) is 0 Å². The van der Waals surface area contributed by atoms with Gasteiger partial charge in [0.15, 0.2) is 0 Å². The molecule has 2 heterocycles. The molecule has 0 bridgehead atoms. The van der Waals surface area contributed by atoms with Crippen LogP contribution in [0.2, 0.25) is 0 Å². The number of rotatable bonds is 6. The number of nitrogens with zero attached hydrogens (tertiary/aromatic N) is 2. The van der Waals surface area contributed by atoms with E-state index in [0.29, 0.717) is 18.5 Å². The van der Waals surface area contributed by atoms with E-state index in [2.05, 4.69) is 15.6 Å². The number of carbonyl (C=O) groups excluding carboxylic acids is 2. The molecule has 0 saturated carbocycles. The normalized spacial score (nSPS) is 18.4. The topological polar surface area (TPSA) is 108 Å². The minimum Gasteiger partial charge on any atom is -0.344 e. The van der Waals surface area contributed by atoms with Crippen LogP contribution in [0.5, 0.6) is 0 Å². The maximum atomic E-state index is 13.1. The Balaban J connectivity index is 1.61. The lowest BCUT2D eigenvalue weighted by atomic mass is 9.98. The monoisotopic (exact) mass is 434 g/mol. The number of piperidine rings is 1. The Morgan fingerprint density at radius 2 is 1.97 bits per heavy atom. The zero-order valence-electron chi connectivity index (χ0n) is 16.4. The Morgan fingerprint density at radius 3 is 2.63 bits per heavy atom. The van der Waals surface area contributed by atoms with Crippen LogP contribution in [0.4, 0.5) is 10.1 Å². The highest BCUT2D eigenvalue weighted by Crippen LogP contribution is 2.24. The number of hydrogen-bond donors (Lipinski definition) is 2. The van der Waals surface area contributed by atoms with Crippen molar-refractivity contribution < 1.29 is 22.4 Å². The second-order valence-electron chi connectivity index (χ2n) is 7.12. The summed E-state index contributed by atoms with van der Waals surface area (Å²) in [6, 6.07) is 7.14. The molecule has 160 valence electrons. The summed E-state index contributed by atoms with van der Waals surface area (Å²) in [5.41, 5.74) is 0.512. The van der Waals surface area contributed by atoms with Gasteiger partial charge in [0.2, 0.25) is 21.8 Å². The summed E-state index contributed by atoms with van der Waals surface area (Å²) in [4.78, 5) is 28.8. The molecule has 1 aliphatic heterocycles. The van der Waals surface area contributed by atoms with Crippen LogP contribution in [0.3, 0.4) is 0 Å². The number of aromatic nitrogens is 1. The van der Waals surface area contributed by atoms with Crippen LogP contribution in [0.25, 0.3) is 0 Å². The number of pyridine rings is 1. The number of benzene rings is 1. The summed E-state index contributed by atoms with van der Waals surface area (Å²) in [5, 5.41) is 5.30. The molecule has 1 aromatic heterocycles. The fourth-order valence-electron chi connectivity index (χ4n) is 3.21. The van der Waals surface area contributed by atoms with Crippen molar-refractivity contribution in [1.82, 2.24) is 14.6 Å². The predicted octanol–water partition coefficient (Wildman–Crippen LogP) is 1.76. The zero-order chi connectivity index (χ0) is 21.7. The highest BCUT2D eigenvalue weighted by Gasteiger charge is 2.34. The molecule has 1 saturated heterocycles. The van der Waals surface area contributed by atoms with Gasteiger partial charge in [-0.05, 0) is 56.2 Å². The average Bonchev–Trinajstić information content (AvgIpc) is 2.74. The van der Waals surface area contributed by atoms with Crippen LogP contribution in [-0.4, -0.2) is 48.7 Å². The fraction of sp³-hybridized carbons (Fsp3) is 0.350. The number of nitrogens with one attached hydrogen (secondary N) is 2. The molecule has 8 nitrogen and oxygen atoms in total. The second kappa shape index (κ2) is 9.31. The van der Waals surface area contributed by atoms with E-state index in [1.807, 2.05) is 0 Å². The molecule has 30 heavy (non-hydrogen) atoms. The van der Waals surface area contributed by atoms with Crippen LogP contribution in [0.15, 0.2) is 53.7 Å². The van der Waals surface area contributed by atoms with E-state index in [0.717, 1.165) is 12.1 Å². The molecule has 1 aliphatic rings. The SMILES string of the molecule is C[C@H](NC(=O)[C@@H]1CCCN(S(=O)(=O)c2ccc(F)cc2)C1)C(=O)Nc1cccnc1. The summed E-state index contributed by atoms with van der Waals surface area (Å²) in [7, 11) is -3.83. The van der Waals surface area contributed by atoms with Crippen molar-refractivity contribution in [2.75, 3.05) is 18.4 Å². The van der Waals surface area contributed by atoms with Crippen molar-refractivity contribution in [2.45, 2.75) is 30.7 Å². The van der Waals surface area contributed by atoms with E-state index in [-0.39, 0.29) is 23.9 Å². The molecule has 0 unspecified atom stereocenters. The summed E-state index contributed by atoms with van der Waals surface area (Å²) in [6.07, 6.45) is 4.09. The van der Waals surface area contributed by atoms with Gasteiger partial charge >= 0.3 is 0 Å². The van der Waals surface area contributed by atoms with Crippen molar-refractivity contribution in [3.05, 3.63) is 54.6 Å².